The summed E-state index contributed by atoms with van der Waals surface area (Å²) in [6.45, 7) is 1.08. The van der Waals surface area contributed by atoms with Gasteiger partial charge in [0.1, 0.15) is 0 Å². The zero-order valence-corrected chi connectivity index (χ0v) is 15.7. The number of esters is 1. The molecule has 0 aliphatic rings. The molecule has 0 spiro atoms. The highest BCUT2D eigenvalue weighted by molar-refractivity contribution is 5.89. The van der Waals surface area contributed by atoms with Gasteiger partial charge in [0, 0.05) is 19.4 Å². The summed E-state index contributed by atoms with van der Waals surface area (Å²) in [4.78, 5) is 32.1. The van der Waals surface area contributed by atoms with Crippen molar-refractivity contribution in [1.82, 2.24) is 0 Å². The Morgan fingerprint density at radius 1 is 0.900 bits per heavy atom. The molecule has 1 atom stereocenters. The van der Waals surface area contributed by atoms with Gasteiger partial charge in [0.25, 0.3) is 5.97 Å². The van der Waals surface area contributed by atoms with E-state index >= 15 is 0 Å². The Labute approximate surface area is 170 Å². The fourth-order valence-corrected chi connectivity index (χ4v) is 2.08. The number of aliphatic carboxylic acids is 2. The number of carboxylic acid groups (broad SMARTS) is 2. The first-order valence-electron chi connectivity index (χ1n) is 8.33. The minimum Gasteiger partial charge on any atom is -0.504 e. The SMILES string of the molecule is CC(=O)O.O=C(/C=C/c1ccc(O)c(O)c1)OC(Cc1ccc(O)c(O)c1)C(=O)O. The number of carbonyl (C=O) groups is 3. The molecule has 10 heteroatoms. The smallest absolute Gasteiger partial charge is 0.345 e. The van der Waals surface area contributed by atoms with Gasteiger partial charge in [-0.3, -0.25) is 4.79 Å². The van der Waals surface area contributed by atoms with Crippen LogP contribution in [0.1, 0.15) is 18.1 Å². The van der Waals surface area contributed by atoms with Crippen LogP contribution in [-0.2, 0) is 25.5 Å². The van der Waals surface area contributed by atoms with E-state index < -0.39 is 29.8 Å². The number of carboxylic acids is 2. The Bertz CT molecular complexity index is 945. The zero-order valence-electron chi connectivity index (χ0n) is 15.7. The molecule has 0 fully saturated rings. The fourth-order valence-electron chi connectivity index (χ4n) is 2.08. The van der Waals surface area contributed by atoms with Gasteiger partial charge in [-0.15, -0.1) is 0 Å². The molecule has 30 heavy (non-hydrogen) atoms. The second kappa shape index (κ2) is 11.0. The summed E-state index contributed by atoms with van der Waals surface area (Å²) in [5.74, 6) is -4.57. The summed E-state index contributed by atoms with van der Waals surface area (Å²) < 4.78 is 4.88. The quantitative estimate of drug-likeness (QED) is 0.229. The third kappa shape index (κ3) is 8.21. The van der Waals surface area contributed by atoms with Gasteiger partial charge in [0.05, 0.1) is 0 Å². The third-order valence-electron chi connectivity index (χ3n) is 3.41. The van der Waals surface area contributed by atoms with Gasteiger partial charge in [-0.05, 0) is 41.5 Å². The van der Waals surface area contributed by atoms with Crippen molar-refractivity contribution in [3.8, 4) is 23.0 Å². The number of phenolic OH excluding ortho intramolecular Hbond substituents is 4. The first-order chi connectivity index (χ1) is 14.0. The second-order valence-corrected chi connectivity index (χ2v) is 5.89. The summed E-state index contributed by atoms with van der Waals surface area (Å²) >= 11 is 0. The van der Waals surface area contributed by atoms with Crippen LogP contribution in [0.25, 0.3) is 6.08 Å². The predicted octanol–water partition coefficient (Wildman–Crippen LogP) is 1.85. The standard InChI is InChI=1S/C18H16O8.C2H4O2/c19-12-4-1-10(7-14(12)21)3-6-17(23)26-16(18(24)25)9-11-2-5-13(20)15(22)8-11;1-2(3)4/h1-8,16,19-22H,9H2,(H,24,25);1H3,(H,3,4)/b6-3+;. The van der Waals surface area contributed by atoms with Crippen molar-refractivity contribution in [1.29, 1.82) is 0 Å². The molecule has 6 N–H and O–H groups in total. The number of aromatic hydroxyl groups is 4. The molecule has 0 aliphatic heterocycles. The first kappa shape index (κ1) is 23.8. The van der Waals surface area contributed by atoms with Crippen LogP contribution in [0.4, 0.5) is 0 Å². The minimum atomic E-state index is -1.50. The van der Waals surface area contributed by atoms with Crippen molar-refractivity contribution >= 4 is 24.0 Å². The van der Waals surface area contributed by atoms with Gasteiger partial charge in [0.15, 0.2) is 23.0 Å². The maximum atomic E-state index is 11.8. The number of phenols is 4. The third-order valence-corrected chi connectivity index (χ3v) is 3.41. The van der Waals surface area contributed by atoms with Crippen molar-refractivity contribution in [2.45, 2.75) is 19.4 Å². The van der Waals surface area contributed by atoms with Gasteiger partial charge in [-0.2, -0.15) is 0 Å². The molecule has 10 nitrogen and oxygen atoms in total. The maximum Gasteiger partial charge on any atom is 0.345 e. The summed E-state index contributed by atoms with van der Waals surface area (Å²) in [5, 5.41) is 53.9. The van der Waals surface area contributed by atoms with Crippen molar-refractivity contribution in [3.05, 3.63) is 53.6 Å². The van der Waals surface area contributed by atoms with Crippen LogP contribution in [0, 0.1) is 0 Å². The molecule has 2 rings (SSSR count). The zero-order chi connectivity index (χ0) is 22.8. The number of carbonyl (C=O) groups excluding carboxylic acids is 1. The van der Waals surface area contributed by atoms with Crippen molar-refractivity contribution in [2.24, 2.45) is 0 Å². The lowest BCUT2D eigenvalue weighted by molar-refractivity contribution is -0.160. The highest BCUT2D eigenvalue weighted by Crippen LogP contribution is 2.26. The molecule has 0 bridgehead atoms. The van der Waals surface area contributed by atoms with E-state index in [1.807, 2.05) is 0 Å². The van der Waals surface area contributed by atoms with E-state index in [-0.39, 0.29) is 23.7 Å². The average molecular weight is 420 g/mol. The lowest BCUT2D eigenvalue weighted by atomic mass is 10.1. The number of benzene rings is 2. The number of hydrogen-bond acceptors (Lipinski definition) is 8. The first-order valence-corrected chi connectivity index (χ1v) is 8.33. The predicted molar refractivity (Wildman–Crippen MR) is 103 cm³/mol. The van der Waals surface area contributed by atoms with E-state index in [0.717, 1.165) is 13.0 Å². The van der Waals surface area contributed by atoms with E-state index in [2.05, 4.69) is 0 Å². The molecule has 2 aromatic rings. The molecule has 0 amide bonds. The van der Waals surface area contributed by atoms with Crippen LogP contribution in [0.3, 0.4) is 0 Å². The maximum absolute atomic E-state index is 11.8. The number of rotatable bonds is 6. The van der Waals surface area contributed by atoms with E-state index in [4.69, 9.17) is 14.6 Å². The van der Waals surface area contributed by atoms with Crippen LogP contribution in [0.15, 0.2) is 42.5 Å². The minimum absolute atomic E-state index is 0.206. The Morgan fingerprint density at radius 2 is 1.43 bits per heavy atom. The molecule has 160 valence electrons. The van der Waals surface area contributed by atoms with Gasteiger partial charge in [0.2, 0.25) is 6.10 Å². The lowest BCUT2D eigenvalue weighted by Crippen LogP contribution is -2.28. The topological polar surface area (TPSA) is 182 Å². The number of hydrogen-bond donors (Lipinski definition) is 6. The van der Waals surface area contributed by atoms with E-state index in [9.17, 15) is 35.1 Å². The molecule has 0 radical (unpaired) electrons. The largest absolute Gasteiger partial charge is 0.504 e. The average Bonchev–Trinajstić information content (AvgIpc) is 2.64. The molecule has 0 heterocycles. The van der Waals surface area contributed by atoms with Gasteiger partial charge < -0.3 is 35.4 Å². The second-order valence-electron chi connectivity index (χ2n) is 5.89. The fraction of sp³-hybridized carbons (Fsp3) is 0.150. The highest BCUT2D eigenvalue weighted by Gasteiger charge is 2.22. The summed E-state index contributed by atoms with van der Waals surface area (Å²) in [6.07, 6.45) is 0.565. The van der Waals surface area contributed by atoms with Crippen LogP contribution in [-0.4, -0.2) is 54.7 Å². The van der Waals surface area contributed by atoms with Crippen molar-refractivity contribution in [3.63, 3.8) is 0 Å². The lowest BCUT2D eigenvalue weighted by Gasteiger charge is -2.13. The Kier molecular flexibility index (Phi) is 8.70. The Hall–Kier alpha value is -4.21. The van der Waals surface area contributed by atoms with Gasteiger partial charge in [-0.1, -0.05) is 12.1 Å². The highest BCUT2D eigenvalue weighted by atomic mass is 16.6. The molecule has 1 unspecified atom stereocenters. The van der Waals surface area contributed by atoms with Crippen LogP contribution >= 0.6 is 0 Å². The summed E-state index contributed by atoms with van der Waals surface area (Å²) in [5.41, 5.74) is 0.750. The van der Waals surface area contributed by atoms with Crippen LogP contribution < -0.4 is 0 Å². The van der Waals surface area contributed by atoms with Crippen molar-refractivity contribution < 1.29 is 49.8 Å². The van der Waals surface area contributed by atoms with Crippen molar-refractivity contribution in [2.75, 3.05) is 0 Å². The van der Waals surface area contributed by atoms with Gasteiger partial charge >= 0.3 is 11.9 Å². The molecule has 0 aromatic heterocycles. The molecule has 0 saturated heterocycles. The van der Waals surface area contributed by atoms with E-state index in [1.54, 1.807) is 0 Å². The molecule has 0 aliphatic carbocycles. The monoisotopic (exact) mass is 420 g/mol. The summed E-state index contributed by atoms with van der Waals surface area (Å²) in [7, 11) is 0. The molecule has 0 saturated carbocycles. The van der Waals surface area contributed by atoms with Gasteiger partial charge in [-0.25, -0.2) is 9.59 Å². The Morgan fingerprint density at radius 3 is 1.93 bits per heavy atom. The van der Waals surface area contributed by atoms with Crippen LogP contribution in [0.5, 0.6) is 23.0 Å². The molecular weight excluding hydrogens is 400 g/mol. The molecular formula is C20H20O10. The van der Waals surface area contributed by atoms with Crippen LogP contribution in [0.2, 0.25) is 0 Å². The van der Waals surface area contributed by atoms with E-state index in [1.165, 1.54) is 42.5 Å². The summed E-state index contributed by atoms with van der Waals surface area (Å²) in [6, 6.07) is 7.65. The number of ether oxygens (including phenoxy) is 1. The Balaban J connectivity index is 0.00000103. The van der Waals surface area contributed by atoms with E-state index in [0.29, 0.717) is 11.1 Å². The normalized spacial score (nSPS) is 11.2. The molecule has 2 aromatic carbocycles.